The quantitative estimate of drug-likeness (QED) is 0.686. The first-order chi connectivity index (χ1) is 10.9. The van der Waals surface area contributed by atoms with Crippen LogP contribution in [0.5, 0.6) is 0 Å². The standard InChI is InChI=1S/C18H18FN3O/c1-10(2)17-14(9-23)16(12-5-7-13(19)8-6-12)15-11(3)21-22(4)18(15)20-17/h5-10H,1-4H3. The van der Waals surface area contributed by atoms with Crippen LogP contribution in [0.1, 0.15) is 41.5 Å². The van der Waals surface area contributed by atoms with E-state index in [0.717, 1.165) is 39.8 Å². The van der Waals surface area contributed by atoms with E-state index in [-0.39, 0.29) is 11.7 Å². The van der Waals surface area contributed by atoms with Crippen molar-refractivity contribution >= 4 is 17.3 Å². The lowest BCUT2D eigenvalue weighted by molar-refractivity contribution is 0.112. The van der Waals surface area contributed by atoms with E-state index < -0.39 is 0 Å². The average Bonchev–Trinajstić information content (AvgIpc) is 2.80. The zero-order chi connectivity index (χ0) is 16.7. The lowest BCUT2D eigenvalue weighted by atomic mass is 9.92. The van der Waals surface area contributed by atoms with Crippen LogP contribution in [0.4, 0.5) is 4.39 Å². The zero-order valence-electron chi connectivity index (χ0n) is 13.6. The van der Waals surface area contributed by atoms with Gasteiger partial charge in [-0.3, -0.25) is 9.48 Å². The molecule has 0 unspecified atom stereocenters. The number of carbonyl (C=O) groups is 1. The molecular formula is C18H18FN3O. The fourth-order valence-corrected chi connectivity index (χ4v) is 2.98. The molecule has 118 valence electrons. The molecule has 0 aliphatic carbocycles. The molecule has 23 heavy (non-hydrogen) atoms. The molecule has 0 saturated carbocycles. The van der Waals surface area contributed by atoms with E-state index in [1.54, 1.807) is 16.8 Å². The van der Waals surface area contributed by atoms with Crippen LogP contribution in [0.15, 0.2) is 24.3 Å². The zero-order valence-corrected chi connectivity index (χ0v) is 13.6. The lowest BCUT2D eigenvalue weighted by Crippen LogP contribution is -2.05. The van der Waals surface area contributed by atoms with Crippen LogP contribution in [0.2, 0.25) is 0 Å². The second kappa shape index (κ2) is 5.57. The Balaban J connectivity index is 2.50. The predicted molar refractivity (Wildman–Crippen MR) is 88.1 cm³/mol. The fraction of sp³-hybridized carbons (Fsp3) is 0.278. The minimum absolute atomic E-state index is 0.0917. The number of halogens is 1. The summed E-state index contributed by atoms with van der Waals surface area (Å²) >= 11 is 0. The molecule has 0 bridgehead atoms. The number of fused-ring (bicyclic) bond motifs is 1. The van der Waals surface area contributed by atoms with Crippen molar-refractivity contribution in [2.75, 3.05) is 0 Å². The monoisotopic (exact) mass is 311 g/mol. The first-order valence-electron chi connectivity index (χ1n) is 7.52. The highest BCUT2D eigenvalue weighted by Gasteiger charge is 2.22. The third-order valence-electron chi connectivity index (χ3n) is 4.01. The van der Waals surface area contributed by atoms with Gasteiger partial charge >= 0.3 is 0 Å². The second-order valence-corrected chi connectivity index (χ2v) is 5.97. The Hall–Kier alpha value is -2.56. The van der Waals surface area contributed by atoms with E-state index in [0.29, 0.717) is 5.56 Å². The number of aryl methyl sites for hydroxylation is 2. The average molecular weight is 311 g/mol. The molecule has 4 nitrogen and oxygen atoms in total. The molecule has 0 spiro atoms. The van der Waals surface area contributed by atoms with Gasteiger partial charge < -0.3 is 0 Å². The number of benzene rings is 1. The van der Waals surface area contributed by atoms with E-state index in [9.17, 15) is 9.18 Å². The normalized spacial score (nSPS) is 11.4. The van der Waals surface area contributed by atoms with Gasteiger partial charge in [0.25, 0.3) is 0 Å². The lowest BCUT2D eigenvalue weighted by Gasteiger charge is -2.14. The van der Waals surface area contributed by atoms with Crippen molar-refractivity contribution in [3.8, 4) is 11.1 Å². The molecule has 2 aromatic heterocycles. The van der Waals surface area contributed by atoms with Gasteiger partial charge in [0.2, 0.25) is 0 Å². The van der Waals surface area contributed by atoms with Crippen molar-refractivity contribution < 1.29 is 9.18 Å². The molecule has 0 fully saturated rings. The Morgan fingerprint density at radius 1 is 1.22 bits per heavy atom. The summed E-state index contributed by atoms with van der Waals surface area (Å²) in [5, 5.41) is 5.27. The van der Waals surface area contributed by atoms with Crippen molar-refractivity contribution in [1.82, 2.24) is 14.8 Å². The number of aromatic nitrogens is 3. The summed E-state index contributed by atoms with van der Waals surface area (Å²) in [4.78, 5) is 16.5. The molecule has 3 aromatic rings. The highest BCUT2D eigenvalue weighted by atomic mass is 19.1. The van der Waals surface area contributed by atoms with Gasteiger partial charge in [-0.1, -0.05) is 26.0 Å². The number of nitrogens with zero attached hydrogens (tertiary/aromatic N) is 3. The number of carbonyl (C=O) groups excluding carboxylic acids is 1. The van der Waals surface area contributed by atoms with Crippen LogP contribution in [0.25, 0.3) is 22.2 Å². The SMILES string of the molecule is Cc1nn(C)c2nc(C(C)C)c(C=O)c(-c3ccc(F)cc3)c12. The summed E-state index contributed by atoms with van der Waals surface area (Å²) in [5.74, 6) is -0.215. The van der Waals surface area contributed by atoms with Gasteiger partial charge in [0.15, 0.2) is 11.9 Å². The Labute approximate surface area is 134 Å². The number of pyridine rings is 1. The van der Waals surface area contributed by atoms with Crippen molar-refractivity contribution in [1.29, 1.82) is 0 Å². The molecule has 1 aromatic carbocycles. The molecule has 0 N–H and O–H groups in total. The Morgan fingerprint density at radius 2 is 1.87 bits per heavy atom. The first-order valence-corrected chi connectivity index (χ1v) is 7.52. The van der Waals surface area contributed by atoms with Crippen molar-refractivity contribution in [2.24, 2.45) is 7.05 Å². The van der Waals surface area contributed by atoms with Gasteiger partial charge in [0.05, 0.1) is 16.8 Å². The van der Waals surface area contributed by atoms with E-state index in [4.69, 9.17) is 0 Å². The molecule has 3 rings (SSSR count). The van der Waals surface area contributed by atoms with Gasteiger partial charge in [-0.05, 0) is 30.5 Å². The summed E-state index contributed by atoms with van der Waals surface area (Å²) in [6, 6.07) is 6.18. The van der Waals surface area contributed by atoms with Crippen LogP contribution in [-0.4, -0.2) is 21.1 Å². The maximum absolute atomic E-state index is 13.3. The molecule has 0 saturated heterocycles. The smallest absolute Gasteiger partial charge is 0.158 e. The first kappa shape index (κ1) is 15.3. The maximum Gasteiger partial charge on any atom is 0.158 e. The van der Waals surface area contributed by atoms with E-state index in [1.165, 1.54) is 12.1 Å². The molecule has 0 atom stereocenters. The van der Waals surface area contributed by atoms with E-state index >= 15 is 0 Å². The van der Waals surface area contributed by atoms with Gasteiger partial charge in [-0.15, -0.1) is 0 Å². The molecule has 0 aliphatic heterocycles. The Bertz CT molecular complexity index is 895. The summed E-state index contributed by atoms with van der Waals surface area (Å²) < 4.78 is 15.0. The summed E-state index contributed by atoms with van der Waals surface area (Å²) in [7, 11) is 1.83. The third kappa shape index (κ3) is 2.42. The minimum Gasteiger partial charge on any atom is -0.298 e. The summed E-state index contributed by atoms with van der Waals surface area (Å²) in [5.41, 5.74) is 4.38. The number of rotatable bonds is 3. The van der Waals surface area contributed by atoms with Crippen LogP contribution in [-0.2, 0) is 7.05 Å². The third-order valence-corrected chi connectivity index (χ3v) is 4.01. The maximum atomic E-state index is 13.3. The predicted octanol–water partition coefficient (Wildman–Crippen LogP) is 4.02. The van der Waals surface area contributed by atoms with Crippen LogP contribution in [0, 0.1) is 12.7 Å². The van der Waals surface area contributed by atoms with E-state index in [1.807, 2.05) is 27.8 Å². The Kier molecular flexibility index (Phi) is 3.72. The molecular weight excluding hydrogens is 293 g/mol. The van der Waals surface area contributed by atoms with Gasteiger partial charge in [-0.2, -0.15) is 5.10 Å². The molecule has 2 heterocycles. The van der Waals surface area contributed by atoms with Crippen molar-refractivity contribution in [3.05, 3.63) is 47.0 Å². The van der Waals surface area contributed by atoms with Crippen LogP contribution in [0.3, 0.4) is 0 Å². The molecule has 0 amide bonds. The van der Waals surface area contributed by atoms with Crippen molar-refractivity contribution in [2.45, 2.75) is 26.7 Å². The number of aldehydes is 1. The number of hydrogen-bond donors (Lipinski definition) is 0. The van der Waals surface area contributed by atoms with Gasteiger partial charge in [0, 0.05) is 18.2 Å². The van der Waals surface area contributed by atoms with Crippen LogP contribution >= 0.6 is 0 Å². The largest absolute Gasteiger partial charge is 0.298 e. The summed E-state index contributed by atoms with van der Waals surface area (Å²) in [6.07, 6.45) is 0.840. The molecule has 0 aliphatic rings. The molecule has 5 heteroatoms. The highest BCUT2D eigenvalue weighted by molar-refractivity contribution is 6.04. The summed E-state index contributed by atoms with van der Waals surface area (Å²) in [6.45, 7) is 5.89. The van der Waals surface area contributed by atoms with Gasteiger partial charge in [0.1, 0.15) is 5.82 Å². The highest BCUT2D eigenvalue weighted by Crippen LogP contribution is 2.36. The van der Waals surface area contributed by atoms with Gasteiger partial charge in [-0.25, -0.2) is 9.37 Å². The topological polar surface area (TPSA) is 47.8 Å². The fourth-order valence-electron chi connectivity index (χ4n) is 2.98. The number of hydrogen-bond acceptors (Lipinski definition) is 3. The van der Waals surface area contributed by atoms with E-state index in [2.05, 4.69) is 10.1 Å². The Morgan fingerprint density at radius 3 is 2.43 bits per heavy atom. The van der Waals surface area contributed by atoms with Crippen molar-refractivity contribution in [3.63, 3.8) is 0 Å². The minimum atomic E-state index is -0.307. The van der Waals surface area contributed by atoms with Crippen LogP contribution < -0.4 is 0 Å². The second-order valence-electron chi connectivity index (χ2n) is 5.97. The molecule has 0 radical (unpaired) electrons.